The second-order valence-corrected chi connectivity index (χ2v) is 9.90. The average molecular weight is 493 g/mol. The Balaban J connectivity index is 1.43. The maximum atomic E-state index is 10.6. The van der Waals surface area contributed by atoms with Crippen LogP contribution in [0.5, 0.6) is 5.75 Å². The molecule has 186 valence electrons. The molecule has 7 nitrogen and oxygen atoms in total. The van der Waals surface area contributed by atoms with E-state index < -0.39 is 42.7 Å². The predicted molar refractivity (Wildman–Crippen MR) is 127 cm³/mol. The first-order valence-corrected chi connectivity index (χ1v) is 12.2. The Hall–Kier alpha value is -1.71. The Bertz CT molecular complexity index is 943. The van der Waals surface area contributed by atoms with Crippen LogP contribution in [0.25, 0.3) is 0 Å². The molecule has 2 fully saturated rings. The first kappa shape index (κ1) is 25.4. The summed E-state index contributed by atoms with van der Waals surface area (Å²) in [5.41, 5.74) is 1.66. The van der Waals surface area contributed by atoms with E-state index in [9.17, 15) is 25.5 Å². The number of benzene rings is 2. The second-order valence-electron chi connectivity index (χ2n) is 9.49. The van der Waals surface area contributed by atoms with E-state index in [4.69, 9.17) is 21.1 Å². The third-order valence-corrected chi connectivity index (χ3v) is 7.27. The topological polar surface area (TPSA) is 120 Å². The van der Waals surface area contributed by atoms with Gasteiger partial charge in [-0.3, -0.25) is 0 Å². The molecule has 5 atom stereocenters. The number of hydrogen-bond donors (Lipinski definition) is 5. The molecule has 2 aromatic rings. The highest BCUT2D eigenvalue weighted by Gasteiger charge is 2.44. The van der Waals surface area contributed by atoms with Gasteiger partial charge in [0.15, 0.2) is 0 Å². The van der Waals surface area contributed by atoms with Gasteiger partial charge >= 0.3 is 0 Å². The lowest BCUT2D eigenvalue weighted by Gasteiger charge is -2.40. The zero-order valence-corrected chi connectivity index (χ0v) is 19.8. The maximum Gasteiger partial charge on any atom is 0.119 e. The Kier molecular flexibility index (Phi) is 8.15. The van der Waals surface area contributed by atoms with Gasteiger partial charge in [0.2, 0.25) is 0 Å². The van der Waals surface area contributed by atoms with Crippen LogP contribution in [0.15, 0.2) is 42.5 Å². The SMILES string of the molecule is OC[C@H]1O[C@@H](c2ccc(Cl)c(Cc3ccc(OCC4(O)CCCCC4)cc3)c2)[C@H](O)[C@@H](O)[C@@H]1O. The van der Waals surface area contributed by atoms with Crippen molar-refractivity contribution in [2.24, 2.45) is 0 Å². The summed E-state index contributed by atoms with van der Waals surface area (Å²) < 4.78 is 11.5. The largest absolute Gasteiger partial charge is 0.491 e. The molecule has 2 aliphatic rings. The van der Waals surface area contributed by atoms with Crippen LogP contribution in [0.1, 0.15) is 54.9 Å². The molecule has 34 heavy (non-hydrogen) atoms. The van der Waals surface area contributed by atoms with Gasteiger partial charge in [0.1, 0.15) is 42.9 Å². The van der Waals surface area contributed by atoms with Crippen LogP contribution >= 0.6 is 11.6 Å². The van der Waals surface area contributed by atoms with E-state index in [0.717, 1.165) is 43.2 Å². The van der Waals surface area contributed by atoms with Gasteiger partial charge in [0.05, 0.1) is 12.2 Å². The summed E-state index contributed by atoms with van der Waals surface area (Å²) in [6, 6.07) is 12.8. The first-order valence-electron chi connectivity index (χ1n) is 11.8. The minimum atomic E-state index is -1.44. The van der Waals surface area contributed by atoms with E-state index in [-0.39, 0.29) is 0 Å². The van der Waals surface area contributed by atoms with Crippen molar-refractivity contribution in [2.45, 2.75) is 74.6 Å². The summed E-state index contributed by atoms with van der Waals surface area (Å²) in [6.07, 6.45) is -0.772. The van der Waals surface area contributed by atoms with Gasteiger partial charge < -0.3 is 35.0 Å². The van der Waals surface area contributed by atoms with Crippen molar-refractivity contribution in [3.05, 3.63) is 64.2 Å². The number of ether oxygens (including phenoxy) is 2. The normalized spacial score (nSPS) is 29.1. The van der Waals surface area contributed by atoms with Crippen LogP contribution in [0.4, 0.5) is 0 Å². The van der Waals surface area contributed by atoms with Crippen molar-refractivity contribution in [1.29, 1.82) is 0 Å². The summed E-state index contributed by atoms with van der Waals surface area (Å²) >= 11 is 6.43. The summed E-state index contributed by atoms with van der Waals surface area (Å²) in [7, 11) is 0. The van der Waals surface area contributed by atoms with E-state index in [1.165, 1.54) is 0 Å². The standard InChI is InChI=1S/C26H33ClO7/c27-20-9-6-17(25-24(31)23(30)22(29)21(14-28)34-25)13-18(20)12-16-4-7-19(8-5-16)33-15-26(32)10-2-1-3-11-26/h4-9,13,21-25,28-32H,1-3,10-12,14-15H2/t21-,22-,23+,24-,25+/m1/s1. The van der Waals surface area contributed by atoms with Crippen molar-refractivity contribution in [3.8, 4) is 5.75 Å². The van der Waals surface area contributed by atoms with Crippen LogP contribution in [0.3, 0.4) is 0 Å². The van der Waals surface area contributed by atoms with Crippen molar-refractivity contribution < 1.29 is 35.0 Å². The lowest BCUT2D eigenvalue weighted by atomic mass is 9.85. The first-order chi connectivity index (χ1) is 16.3. The minimum absolute atomic E-state index is 0.291. The Morgan fingerprint density at radius 3 is 2.32 bits per heavy atom. The zero-order valence-electron chi connectivity index (χ0n) is 19.0. The molecule has 0 spiro atoms. The van der Waals surface area contributed by atoms with Crippen LogP contribution in [-0.2, 0) is 11.2 Å². The van der Waals surface area contributed by atoms with E-state index in [1.807, 2.05) is 24.3 Å². The second kappa shape index (κ2) is 10.9. The molecule has 0 amide bonds. The third kappa shape index (κ3) is 5.74. The maximum absolute atomic E-state index is 10.6. The molecule has 0 aromatic heterocycles. The monoisotopic (exact) mass is 492 g/mol. The van der Waals surface area contributed by atoms with E-state index in [2.05, 4.69) is 0 Å². The molecule has 0 radical (unpaired) electrons. The molecule has 1 saturated heterocycles. The lowest BCUT2D eigenvalue weighted by Crippen LogP contribution is -2.55. The van der Waals surface area contributed by atoms with E-state index in [1.54, 1.807) is 18.2 Å². The fraction of sp³-hybridized carbons (Fsp3) is 0.538. The molecule has 1 heterocycles. The summed E-state index contributed by atoms with van der Waals surface area (Å²) in [6.45, 7) is -0.187. The van der Waals surface area contributed by atoms with Gasteiger partial charge in [0, 0.05) is 5.02 Å². The number of hydrogen-bond acceptors (Lipinski definition) is 7. The molecule has 1 aliphatic carbocycles. The molecular formula is C26H33ClO7. The number of aliphatic hydroxyl groups is 5. The highest BCUT2D eigenvalue weighted by Crippen LogP contribution is 2.34. The zero-order chi connectivity index (χ0) is 24.3. The molecule has 4 rings (SSSR count). The van der Waals surface area contributed by atoms with E-state index in [0.29, 0.717) is 29.4 Å². The lowest BCUT2D eigenvalue weighted by molar-refractivity contribution is -0.231. The van der Waals surface area contributed by atoms with Crippen molar-refractivity contribution >= 4 is 11.6 Å². The number of rotatable bonds is 7. The highest BCUT2D eigenvalue weighted by molar-refractivity contribution is 6.31. The van der Waals surface area contributed by atoms with Crippen LogP contribution in [-0.4, -0.2) is 68.8 Å². The Labute approximate surface area is 204 Å². The molecule has 0 bridgehead atoms. The molecule has 2 aromatic carbocycles. The molecular weight excluding hydrogens is 460 g/mol. The third-order valence-electron chi connectivity index (χ3n) is 6.90. The minimum Gasteiger partial charge on any atom is -0.491 e. The van der Waals surface area contributed by atoms with Gasteiger partial charge in [0.25, 0.3) is 0 Å². The molecule has 5 N–H and O–H groups in total. The van der Waals surface area contributed by atoms with Crippen LogP contribution < -0.4 is 4.74 Å². The van der Waals surface area contributed by atoms with Crippen LogP contribution in [0.2, 0.25) is 5.02 Å². The molecule has 1 saturated carbocycles. The van der Waals surface area contributed by atoms with Crippen molar-refractivity contribution in [2.75, 3.05) is 13.2 Å². The smallest absolute Gasteiger partial charge is 0.119 e. The van der Waals surface area contributed by atoms with Crippen LogP contribution in [0, 0.1) is 0 Å². The predicted octanol–water partition coefficient (Wildman–Crippen LogP) is 2.52. The average Bonchev–Trinajstić information content (AvgIpc) is 2.84. The van der Waals surface area contributed by atoms with Gasteiger partial charge in [-0.15, -0.1) is 0 Å². The van der Waals surface area contributed by atoms with Gasteiger partial charge in [-0.25, -0.2) is 0 Å². The quantitative estimate of drug-likeness (QED) is 0.403. The Morgan fingerprint density at radius 2 is 1.65 bits per heavy atom. The van der Waals surface area contributed by atoms with Gasteiger partial charge in [-0.2, -0.15) is 0 Å². The number of aliphatic hydroxyl groups excluding tert-OH is 4. The molecule has 0 unspecified atom stereocenters. The number of halogens is 1. The summed E-state index contributed by atoms with van der Waals surface area (Å²) in [5.74, 6) is 0.698. The Morgan fingerprint density at radius 1 is 0.941 bits per heavy atom. The highest BCUT2D eigenvalue weighted by atomic mass is 35.5. The molecule has 8 heteroatoms. The fourth-order valence-corrected chi connectivity index (χ4v) is 4.96. The summed E-state index contributed by atoms with van der Waals surface area (Å²) in [5, 5.41) is 51.2. The fourth-order valence-electron chi connectivity index (χ4n) is 4.78. The van der Waals surface area contributed by atoms with E-state index >= 15 is 0 Å². The molecule has 1 aliphatic heterocycles. The van der Waals surface area contributed by atoms with Gasteiger partial charge in [-0.05, 0) is 54.2 Å². The summed E-state index contributed by atoms with van der Waals surface area (Å²) in [4.78, 5) is 0. The van der Waals surface area contributed by atoms with Gasteiger partial charge in [-0.1, -0.05) is 55.1 Å². The van der Waals surface area contributed by atoms with Crippen molar-refractivity contribution in [3.63, 3.8) is 0 Å². The van der Waals surface area contributed by atoms with Crippen molar-refractivity contribution in [1.82, 2.24) is 0 Å².